The second-order valence-electron chi connectivity index (χ2n) is 5.98. The smallest absolute Gasteiger partial charge is 0.123 e. The van der Waals surface area contributed by atoms with Crippen molar-refractivity contribution in [3.05, 3.63) is 28.2 Å². The van der Waals surface area contributed by atoms with Gasteiger partial charge in [-0.25, -0.2) is 0 Å². The van der Waals surface area contributed by atoms with Gasteiger partial charge in [0.15, 0.2) is 0 Å². The van der Waals surface area contributed by atoms with Crippen LogP contribution >= 0.6 is 15.9 Å². The van der Waals surface area contributed by atoms with Crippen LogP contribution in [0.15, 0.2) is 22.7 Å². The van der Waals surface area contributed by atoms with Crippen molar-refractivity contribution >= 4 is 15.9 Å². The molecular weight excluding hydrogens is 290 g/mol. The molecule has 0 aromatic heterocycles. The Labute approximate surface area is 118 Å². The molecule has 1 saturated heterocycles. The van der Waals surface area contributed by atoms with Gasteiger partial charge >= 0.3 is 0 Å². The van der Waals surface area contributed by atoms with E-state index in [0.717, 1.165) is 29.7 Å². The first kappa shape index (κ1) is 13.9. The molecule has 1 aliphatic heterocycles. The monoisotopic (exact) mass is 311 g/mol. The average molecular weight is 312 g/mol. The van der Waals surface area contributed by atoms with E-state index in [4.69, 9.17) is 4.74 Å². The van der Waals surface area contributed by atoms with Gasteiger partial charge in [-0.3, -0.25) is 0 Å². The SMILES string of the molecule is CC(C)(C)c1cc(Br)ccc1O[C@@H]1CCCNC1. The zero-order valence-corrected chi connectivity index (χ0v) is 13.0. The minimum absolute atomic E-state index is 0.0984. The van der Waals surface area contributed by atoms with Crippen LogP contribution in [0.2, 0.25) is 0 Å². The number of halogens is 1. The van der Waals surface area contributed by atoms with Crippen LogP contribution in [-0.4, -0.2) is 19.2 Å². The minimum atomic E-state index is 0.0984. The van der Waals surface area contributed by atoms with Crippen LogP contribution in [0, 0.1) is 0 Å². The average Bonchev–Trinajstić information content (AvgIpc) is 2.31. The molecule has 0 radical (unpaired) electrons. The molecule has 1 aromatic rings. The maximum atomic E-state index is 6.18. The Kier molecular flexibility index (Phi) is 4.33. The molecule has 1 aliphatic rings. The highest BCUT2D eigenvalue weighted by Gasteiger charge is 2.22. The summed E-state index contributed by atoms with van der Waals surface area (Å²) in [6, 6.07) is 6.31. The summed E-state index contributed by atoms with van der Waals surface area (Å²) in [7, 11) is 0. The normalized spacial score (nSPS) is 20.8. The predicted octanol–water partition coefficient (Wildman–Crippen LogP) is 3.88. The highest BCUT2D eigenvalue weighted by atomic mass is 79.9. The van der Waals surface area contributed by atoms with E-state index in [9.17, 15) is 0 Å². The van der Waals surface area contributed by atoms with E-state index >= 15 is 0 Å². The Morgan fingerprint density at radius 3 is 2.72 bits per heavy atom. The van der Waals surface area contributed by atoms with Gasteiger partial charge in [-0.15, -0.1) is 0 Å². The van der Waals surface area contributed by atoms with Crippen LogP contribution in [0.1, 0.15) is 39.2 Å². The first-order valence-electron chi connectivity index (χ1n) is 6.64. The molecule has 2 nitrogen and oxygen atoms in total. The zero-order chi connectivity index (χ0) is 13.2. The summed E-state index contributed by atoms with van der Waals surface area (Å²) in [6.07, 6.45) is 2.65. The van der Waals surface area contributed by atoms with Crippen LogP contribution in [-0.2, 0) is 5.41 Å². The van der Waals surface area contributed by atoms with Crippen molar-refractivity contribution in [1.29, 1.82) is 0 Å². The molecule has 0 bridgehead atoms. The molecular formula is C15H22BrNO. The first-order valence-corrected chi connectivity index (χ1v) is 7.43. The van der Waals surface area contributed by atoms with Crippen LogP contribution in [0.5, 0.6) is 5.75 Å². The maximum absolute atomic E-state index is 6.18. The highest BCUT2D eigenvalue weighted by molar-refractivity contribution is 9.10. The summed E-state index contributed by atoms with van der Waals surface area (Å²) in [4.78, 5) is 0. The predicted molar refractivity (Wildman–Crippen MR) is 79.4 cm³/mol. The quantitative estimate of drug-likeness (QED) is 0.895. The van der Waals surface area contributed by atoms with Crippen LogP contribution < -0.4 is 10.1 Å². The van der Waals surface area contributed by atoms with E-state index in [-0.39, 0.29) is 5.41 Å². The Hall–Kier alpha value is -0.540. The summed E-state index contributed by atoms with van der Waals surface area (Å²) in [6.45, 7) is 8.74. The molecule has 2 rings (SSSR count). The number of hydrogen-bond acceptors (Lipinski definition) is 2. The summed E-state index contributed by atoms with van der Waals surface area (Å²) >= 11 is 3.55. The number of hydrogen-bond donors (Lipinski definition) is 1. The Balaban J connectivity index is 2.21. The summed E-state index contributed by atoms with van der Waals surface area (Å²) < 4.78 is 7.30. The zero-order valence-electron chi connectivity index (χ0n) is 11.4. The minimum Gasteiger partial charge on any atom is -0.489 e. The van der Waals surface area contributed by atoms with Gasteiger partial charge in [-0.05, 0) is 43.0 Å². The molecule has 0 spiro atoms. The van der Waals surface area contributed by atoms with Crippen molar-refractivity contribution < 1.29 is 4.74 Å². The second-order valence-corrected chi connectivity index (χ2v) is 6.89. The maximum Gasteiger partial charge on any atom is 0.123 e. The summed E-state index contributed by atoms with van der Waals surface area (Å²) in [5.41, 5.74) is 1.36. The highest BCUT2D eigenvalue weighted by Crippen LogP contribution is 2.34. The van der Waals surface area contributed by atoms with Gasteiger partial charge in [0.25, 0.3) is 0 Å². The largest absolute Gasteiger partial charge is 0.489 e. The van der Waals surface area contributed by atoms with Gasteiger partial charge in [0.1, 0.15) is 11.9 Å². The molecule has 1 atom stereocenters. The first-order chi connectivity index (χ1) is 8.47. The van der Waals surface area contributed by atoms with E-state index in [0.29, 0.717) is 6.10 Å². The molecule has 18 heavy (non-hydrogen) atoms. The topological polar surface area (TPSA) is 21.3 Å². The van der Waals surface area contributed by atoms with Gasteiger partial charge in [0.05, 0.1) is 0 Å². The number of nitrogens with one attached hydrogen (secondary N) is 1. The summed E-state index contributed by atoms with van der Waals surface area (Å²) in [5, 5.41) is 3.39. The number of ether oxygens (including phenoxy) is 1. The van der Waals surface area contributed by atoms with Crippen molar-refractivity contribution in [3.63, 3.8) is 0 Å². The van der Waals surface area contributed by atoms with Crippen LogP contribution in [0.25, 0.3) is 0 Å². The lowest BCUT2D eigenvalue weighted by molar-refractivity contribution is 0.164. The van der Waals surface area contributed by atoms with Crippen LogP contribution in [0.4, 0.5) is 0 Å². The third-order valence-corrected chi connectivity index (χ3v) is 3.79. The molecule has 100 valence electrons. The van der Waals surface area contributed by atoms with Crippen LogP contribution in [0.3, 0.4) is 0 Å². The second kappa shape index (κ2) is 5.62. The van der Waals surface area contributed by atoms with Gasteiger partial charge < -0.3 is 10.1 Å². The van der Waals surface area contributed by atoms with Gasteiger partial charge in [-0.2, -0.15) is 0 Å². The Morgan fingerprint density at radius 2 is 2.11 bits per heavy atom. The molecule has 1 fully saturated rings. The fourth-order valence-electron chi connectivity index (χ4n) is 2.29. The molecule has 1 heterocycles. The molecule has 1 aromatic carbocycles. The van der Waals surface area contributed by atoms with Gasteiger partial charge in [0.2, 0.25) is 0 Å². The van der Waals surface area contributed by atoms with Gasteiger partial charge in [0, 0.05) is 16.6 Å². The van der Waals surface area contributed by atoms with E-state index in [1.807, 2.05) is 0 Å². The van der Waals surface area contributed by atoms with Crippen molar-refractivity contribution in [1.82, 2.24) is 5.32 Å². The van der Waals surface area contributed by atoms with Crippen molar-refractivity contribution in [3.8, 4) is 5.75 Å². The Morgan fingerprint density at radius 1 is 1.33 bits per heavy atom. The molecule has 3 heteroatoms. The molecule has 0 saturated carbocycles. The fraction of sp³-hybridized carbons (Fsp3) is 0.600. The van der Waals surface area contributed by atoms with E-state index < -0.39 is 0 Å². The Bertz CT molecular complexity index is 405. The number of rotatable bonds is 2. The lowest BCUT2D eigenvalue weighted by atomic mass is 9.86. The lowest BCUT2D eigenvalue weighted by Gasteiger charge is -2.28. The molecule has 0 aliphatic carbocycles. The molecule has 0 unspecified atom stereocenters. The van der Waals surface area contributed by atoms with E-state index in [1.54, 1.807) is 0 Å². The third-order valence-electron chi connectivity index (χ3n) is 3.29. The number of benzene rings is 1. The number of piperidine rings is 1. The van der Waals surface area contributed by atoms with Crippen molar-refractivity contribution in [2.24, 2.45) is 0 Å². The third kappa shape index (κ3) is 3.48. The van der Waals surface area contributed by atoms with E-state index in [1.165, 1.54) is 12.0 Å². The molecule has 1 N–H and O–H groups in total. The van der Waals surface area contributed by atoms with Crippen molar-refractivity contribution in [2.75, 3.05) is 13.1 Å². The molecule has 0 amide bonds. The standard InChI is InChI=1S/C15H22BrNO/c1-15(2,3)13-9-11(16)6-7-14(13)18-12-5-4-8-17-10-12/h6-7,9,12,17H,4-5,8,10H2,1-3H3/t12-/m1/s1. The van der Waals surface area contributed by atoms with Crippen molar-refractivity contribution in [2.45, 2.75) is 45.1 Å². The summed E-state index contributed by atoms with van der Waals surface area (Å²) in [5.74, 6) is 1.03. The lowest BCUT2D eigenvalue weighted by Crippen LogP contribution is -2.37. The fourth-order valence-corrected chi connectivity index (χ4v) is 2.65. The van der Waals surface area contributed by atoms with E-state index in [2.05, 4.69) is 60.2 Å². The van der Waals surface area contributed by atoms with Gasteiger partial charge in [-0.1, -0.05) is 36.7 Å².